The van der Waals surface area contributed by atoms with Crippen molar-refractivity contribution in [1.82, 2.24) is 4.98 Å². The Morgan fingerprint density at radius 3 is 2.50 bits per heavy atom. The van der Waals surface area contributed by atoms with E-state index in [1.807, 2.05) is 50.2 Å². The molecule has 0 unspecified atom stereocenters. The van der Waals surface area contributed by atoms with Crippen LogP contribution in [-0.2, 0) is 0 Å². The van der Waals surface area contributed by atoms with Crippen molar-refractivity contribution in [1.29, 1.82) is 0 Å². The van der Waals surface area contributed by atoms with E-state index < -0.39 is 21.2 Å². The van der Waals surface area contributed by atoms with E-state index in [-0.39, 0.29) is 5.75 Å². The predicted molar refractivity (Wildman–Crippen MR) is 74.5 cm³/mol. The van der Waals surface area contributed by atoms with Gasteiger partial charge < -0.3 is 5.11 Å². The SMILES string of the molecule is Cc1ccc2nc(C)c([I+]c3ccccc3)c([O-])c2c1. The van der Waals surface area contributed by atoms with E-state index in [0.29, 0.717) is 0 Å². The van der Waals surface area contributed by atoms with Crippen LogP contribution in [0.15, 0.2) is 48.5 Å². The second-order valence-electron chi connectivity index (χ2n) is 4.75. The second-order valence-corrected chi connectivity index (χ2v) is 7.61. The highest BCUT2D eigenvalue weighted by molar-refractivity contribution is 5.85. The van der Waals surface area contributed by atoms with E-state index in [2.05, 4.69) is 17.1 Å². The lowest BCUT2D eigenvalue weighted by Crippen LogP contribution is -3.61. The fourth-order valence-corrected chi connectivity index (χ4v) is 4.58. The lowest BCUT2D eigenvalue weighted by Gasteiger charge is -2.12. The lowest BCUT2D eigenvalue weighted by atomic mass is 10.1. The van der Waals surface area contributed by atoms with Gasteiger partial charge in [-0.05, 0) is 43.2 Å². The van der Waals surface area contributed by atoms with Gasteiger partial charge in [-0.25, -0.2) is 4.98 Å². The van der Waals surface area contributed by atoms with Gasteiger partial charge in [0.2, 0.25) is 3.57 Å². The molecule has 1 heterocycles. The monoisotopic (exact) mass is 375 g/mol. The van der Waals surface area contributed by atoms with Crippen LogP contribution in [0.4, 0.5) is 0 Å². The van der Waals surface area contributed by atoms with Crippen molar-refractivity contribution in [2.75, 3.05) is 0 Å². The third kappa shape index (κ3) is 2.50. The molecule has 100 valence electrons. The zero-order valence-electron chi connectivity index (χ0n) is 11.4. The van der Waals surface area contributed by atoms with Gasteiger partial charge in [0.25, 0.3) is 0 Å². The summed E-state index contributed by atoms with van der Waals surface area (Å²) in [5.41, 5.74) is 2.78. The number of halogens is 1. The molecule has 0 amide bonds. The minimum Gasteiger partial charge on any atom is -0.869 e. The van der Waals surface area contributed by atoms with E-state index >= 15 is 0 Å². The number of aryl methyl sites for hydroxylation is 2. The number of nitrogens with zero attached hydrogens (tertiary/aromatic N) is 1. The first-order valence-corrected chi connectivity index (χ1v) is 8.59. The fraction of sp³-hybridized carbons (Fsp3) is 0.118. The van der Waals surface area contributed by atoms with Crippen molar-refractivity contribution in [2.45, 2.75) is 13.8 Å². The van der Waals surface area contributed by atoms with Gasteiger partial charge in [0.15, 0.2) is 3.57 Å². The first kappa shape index (κ1) is 13.4. The van der Waals surface area contributed by atoms with Crippen molar-refractivity contribution in [3.8, 4) is 5.75 Å². The van der Waals surface area contributed by atoms with Crippen LogP contribution in [0.2, 0.25) is 0 Å². The van der Waals surface area contributed by atoms with Crippen molar-refractivity contribution < 1.29 is 26.3 Å². The Kier molecular flexibility index (Phi) is 3.61. The van der Waals surface area contributed by atoms with E-state index in [1.165, 1.54) is 3.57 Å². The van der Waals surface area contributed by atoms with Crippen LogP contribution in [0, 0.1) is 21.0 Å². The van der Waals surface area contributed by atoms with Gasteiger partial charge in [-0.3, -0.25) is 0 Å². The predicted octanol–water partition coefficient (Wildman–Crippen LogP) is 0.0536. The van der Waals surface area contributed by atoms with Crippen molar-refractivity contribution in [3.05, 3.63) is 66.9 Å². The zero-order chi connectivity index (χ0) is 14.1. The number of fused-ring (bicyclic) bond motifs is 1. The van der Waals surface area contributed by atoms with Crippen molar-refractivity contribution >= 4 is 10.9 Å². The molecule has 0 spiro atoms. The molecule has 0 aliphatic rings. The van der Waals surface area contributed by atoms with E-state index in [9.17, 15) is 5.11 Å². The maximum absolute atomic E-state index is 12.7. The Labute approximate surface area is 128 Å². The van der Waals surface area contributed by atoms with Gasteiger partial charge >= 0.3 is 21.2 Å². The molecular weight excluding hydrogens is 361 g/mol. The fourth-order valence-electron chi connectivity index (χ4n) is 2.14. The highest BCUT2D eigenvalue weighted by Crippen LogP contribution is 2.22. The third-order valence-electron chi connectivity index (χ3n) is 3.14. The van der Waals surface area contributed by atoms with Crippen LogP contribution >= 0.6 is 0 Å². The standard InChI is InChI=1S/C17H14INO/c1-11-8-9-15-14(10-11)17(20)16(12(2)19-15)18-13-6-4-3-5-7-13/h3-10H,1-2H3. The summed E-state index contributed by atoms with van der Waals surface area (Å²) in [7, 11) is 0. The molecule has 3 aromatic rings. The van der Waals surface area contributed by atoms with Crippen molar-refractivity contribution in [3.63, 3.8) is 0 Å². The minimum absolute atomic E-state index is 0.160. The first-order valence-electron chi connectivity index (χ1n) is 6.43. The summed E-state index contributed by atoms with van der Waals surface area (Å²) in [6.07, 6.45) is 0. The second kappa shape index (κ2) is 5.40. The number of rotatable bonds is 2. The minimum atomic E-state index is -0.475. The molecule has 2 aromatic carbocycles. The smallest absolute Gasteiger partial charge is 0.359 e. The number of hydrogen-bond donors (Lipinski definition) is 0. The number of hydrogen-bond acceptors (Lipinski definition) is 2. The molecule has 2 nitrogen and oxygen atoms in total. The molecule has 0 saturated carbocycles. The molecule has 1 aromatic heterocycles. The molecular formula is C17H14INO. The lowest BCUT2D eigenvalue weighted by molar-refractivity contribution is -0.604. The molecule has 0 fully saturated rings. The first-order chi connectivity index (χ1) is 9.65. The molecule has 0 aliphatic carbocycles. The van der Waals surface area contributed by atoms with E-state index in [4.69, 9.17) is 0 Å². The van der Waals surface area contributed by atoms with Gasteiger partial charge in [0, 0.05) is 0 Å². The van der Waals surface area contributed by atoms with E-state index in [1.54, 1.807) is 0 Å². The summed E-state index contributed by atoms with van der Waals surface area (Å²) in [6, 6.07) is 16.1. The molecule has 20 heavy (non-hydrogen) atoms. The topological polar surface area (TPSA) is 36.0 Å². The van der Waals surface area contributed by atoms with Crippen LogP contribution < -0.4 is 26.3 Å². The van der Waals surface area contributed by atoms with Crippen LogP contribution in [-0.4, -0.2) is 4.98 Å². The number of pyridine rings is 1. The normalized spacial score (nSPS) is 10.9. The molecule has 3 heteroatoms. The summed E-state index contributed by atoms with van der Waals surface area (Å²) in [5, 5.41) is 13.4. The molecule has 0 saturated heterocycles. The van der Waals surface area contributed by atoms with Crippen LogP contribution in [0.3, 0.4) is 0 Å². The maximum Gasteiger partial charge on any atom is 0.359 e. The van der Waals surface area contributed by atoms with Gasteiger partial charge in [-0.1, -0.05) is 35.9 Å². The highest BCUT2D eigenvalue weighted by Gasteiger charge is 2.21. The molecule has 0 aliphatic heterocycles. The maximum atomic E-state index is 12.7. The largest absolute Gasteiger partial charge is 0.869 e. The van der Waals surface area contributed by atoms with Crippen LogP contribution in [0.1, 0.15) is 11.3 Å². The molecule has 0 atom stereocenters. The summed E-state index contributed by atoms with van der Waals surface area (Å²) < 4.78 is 2.16. The Morgan fingerprint density at radius 1 is 1.00 bits per heavy atom. The van der Waals surface area contributed by atoms with Crippen molar-refractivity contribution in [2.24, 2.45) is 0 Å². The van der Waals surface area contributed by atoms with Crippen LogP contribution in [0.25, 0.3) is 10.9 Å². The van der Waals surface area contributed by atoms with Gasteiger partial charge in [-0.15, -0.1) is 0 Å². The number of benzene rings is 2. The average molecular weight is 375 g/mol. The Hall–Kier alpha value is -1.62. The number of aromatic nitrogens is 1. The molecule has 0 radical (unpaired) electrons. The highest BCUT2D eigenvalue weighted by atomic mass is 127. The Balaban J connectivity index is 2.15. The third-order valence-corrected chi connectivity index (χ3v) is 6.29. The quantitative estimate of drug-likeness (QED) is 0.594. The van der Waals surface area contributed by atoms with Crippen LogP contribution in [0.5, 0.6) is 5.75 Å². The summed E-state index contributed by atoms with van der Waals surface area (Å²) >= 11 is -0.475. The van der Waals surface area contributed by atoms with Gasteiger partial charge in [-0.2, -0.15) is 0 Å². The zero-order valence-corrected chi connectivity index (χ0v) is 13.5. The van der Waals surface area contributed by atoms with E-state index in [0.717, 1.165) is 25.7 Å². The molecule has 0 bridgehead atoms. The molecule has 3 rings (SSSR count). The molecule has 0 N–H and O–H groups in total. The Bertz CT molecular complexity index is 769. The summed E-state index contributed by atoms with van der Waals surface area (Å²) in [4.78, 5) is 4.60. The average Bonchev–Trinajstić information content (AvgIpc) is 2.46. The van der Waals surface area contributed by atoms with Gasteiger partial charge in [0.05, 0.1) is 11.2 Å². The summed E-state index contributed by atoms with van der Waals surface area (Å²) in [5.74, 6) is 0.160. The van der Waals surface area contributed by atoms with Gasteiger partial charge in [0.1, 0.15) is 0 Å². The summed E-state index contributed by atoms with van der Waals surface area (Å²) in [6.45, 7) is 3.95. The Morgan fingerprint density at radius 2 is 1.75 bits per heavy atom.